The van der Waals surface area contributed by atoms with E-state index in [2.05, 4.69) is 0 Å². The first-order chi connectivity index (χ1) is 12.1. The molecule has 1 fully saturated rings. The molecule has 1 aliphatic rings. The number of amides is 2. The summed E-state index contributed by atoms with van der Waals surface area (Å²) >= 11 is 0. The Kier molecular flexibility index (Phi) is 4.97. The number of nitrogens with zero attached hydrogens (tertiary/aromatic N) is 2. The maximum absolute atomic E-state index is 14.3. The fraction of sp³-hybridized carbons (Fsp3) is 0.263. The Morgan fingerprint density at radius 1 is 1.20 bits per heavy atom. The first-order valence-electron chi connectivity index (χ1n) is 8.08. The lowest BCUT2D eigenvalue weighted by Crippen LogP contribution is -2.42. The predicted octanol–water partition coefficient (Wildman–Crippen LogP) is 3.06. The Bertz CT molecular complexity index is 776. The van der Waals surface area contributed by atoms with E-state index in [1.165, 1.54) is 17.0 Å². The second-order valence-corrected chi connectivity index (χ2v) is 5.82. The van der Waals surface area contributed by atoms with Crippen molar-refractivity contribution >= 4 is 17.5 Å². The molecule has 130 valence electrons. The van der Waals surface area contributed by atoms with Crippen LogP contribution in [0.1, 0.15) is 23.2 Å². The third-order valence-corrected chi connectivity index (χ3v) is 4.21. The predicted molar refractivity (Wildman–Crippen MR) is 92.0 cm³/mol. The zero-order valence-corrected chi connectivity index (χ0v) is 13.9. The third kappa shape index (κ3) is 3.63. The fourth-order valence-electron chi connectivity index (χ4n) is 2.83. The normalized spacial score (nSPS) is 13.8. The molecule has 0 spiro atoms. The summed E-state index contributed by atoms with van der Waals surface area (Å²) in [6.45, 7) is 0.601. The van der Waals surface area contributed by atoms with Crippen molar-refractivity contribution in [3.63, 3.8) is 0 Å². The van der Waals surface area contributed by atoms with E-state index in [9.17, 15) is 14.0 Å². The standard InChI is InChI=1S/C19H19FN2O3/c1-25-15-10-8-14(9-11-15)19(24)22(13-21-12-4-7-18(21)23)17-6-3-2-5-16(17)20/h2-3,5-6,8-11H,4,7,12-13H2,1H3. The summed E-state index contributed by atoms with van der Waals surface area (Å²) < 4.78 is 19.4. The number of anilines is 1. The van der Waals surface area contributed by atoms with Gasteiger partial charge in [0, 0.05) is 18.5 Å². The zero-order valence-electron chi connectivity index (χ0n) is 13.9. The van der Waals surface area contributed by atoms with Crippen LogP contribution in [0.25, 0.3) is 0 Å². The van der Waals surface area contributed by atoms with Crippen molar-refractivity contribution in [1.82, 2.24) is 4.90 Å². The summed E-state index contributed by atoms with van der Waals surface area (Å²) in [5.41, 5.74) is 0.554. The van der Waals surface area contributed by atoms with Crippen LogP contribution in [0.2, 0.25) is 0 Å². The van der Waals surface area contributed by atoms with Crippen molar-refractivity contribution in [2.24, 2.45) is 0 Å². The van der Waals surface area contributed by atoms with E-state index in [1.807, 2.05) is 0 Å². The molecule has 0 bridgehead atoms. The lowest BCUT2D eigenvalue weighted by molar-refractivity contribution is -0.127. The van der Waals surface area contributed by atoms with Gasteiger partial charge in [0.05, 0.1) is 12.8 Å². The molecule has 2 aromatic rings. The molecular weight excluding hydrogens is 323 g/mol. The van der Waals surface area contributed by atoms with Crippen LogP contribution in [-0.4, -0.2) is 37.0 Å². The summed E-state index contributed by atoms with van der Waals surface area (Å²) in [6, 6.07) is 12.7. The van der Waals surface area contributed by atoms with E-state index < -0.39 is 5.82 Å². The number of halogens is 1. The molecule has 6 heteroatoms. The van der Waals surface area contributed by atoms with Gasteiger partial charge in [-0.25, -0.2) is 4.39 Å². The van der Waals surface area contributed by atoms with E-state index in [0.29, 0.717) is 24.3 Å². The van der Waals surface area contributed by atoms with Crippen LogP contribution in [0, 0.1) is 5.82 Å². The molecule has 0 saturated carbocycles. The molecule has 0 atom stereocenters. The summed E-state index contributed by atoms with van der Waals surface area (Å²) in [6.07, 6.45) is 1.21. The lowest BCUT2D eigenvalue weighted by atomic mass is 10.1. The quantitative estimate of drug-likeness (QED) is 0.839. The molecule has 2 amide bonds. The van der Waals surface area contributed by atoms with Crippen molar-refractivity contribution in [3.05, 3.63) is 59.9 Å². The average Bonchev–Trinajstić information content (AvgIpc) is 3.05. The second kappa shape index (κ2) is 7.34. The van der Waals surface area contributed by atoms with Crippen molar-refractivity contribution < 1.29 is 18.7 Å². The Morgan fingerprint density at radius 3 is 2.52 bits per heavy atom. The highest BCUT2D eigenvalue weighted by Gasteiger charge is 2.27. The van der Waals surface area contributed by atoms with Crippen LogP contribution in [0.3, 0.4) is 0 Å². The van der Waals surface area contributed by atoms with Crippen LogP contribution < -0.4 is 9.64 Å². The smallest absolute Gasteiger partial charge is 0.259 e. The van der Waals surface area contributed by atoms with Gasteiger partial charge in [0.1, 0.15) is 18.2 Å². The second-order valence-electron chi connectivity index (χ2n) is 5.82. The van der Waals surface area contributed by atoms with Crippen LogP contribution in [0.15, 0.2) is 48.5 Å². The molecule has 5 nitrogen and oxygen atoms in total. The summed E-state index contributed by atoms with van der Waals surface area (Å²) in [7, 11) is 1.54. The number of benzene rings is 2. The van der Waals surface area contributed by atoms with Gasteiger partial charge in [0.15, 0.2) is 0 Å². The molecule has 25 heavy (non-hydrogen) atoms. The van der Waals surface area contributed by atoms with E-state index in [-0.39, 0.29) is 24.2 Å². The Labute approximate surface area is 145 Å². The van der Waals surface area contributed by atoms with Crippen molar-refractivity contribution in [1.29, 1.82) is 0 Å². The lowest BCUT2D eigenvalue weighted by Gasteiger charge is -2.28. The van der Waals surface area contributed by atoms with Gasteiger partial charge in [-0.2, -0.15) is 0 Å². The van der Waals surface area contributed by atoms with Gasteiger partial charge in [-0.1, -0.05) is 12.1 Å². The highest BCUT2D eigenvalue weighted by molar-refractivity contribution is 6.06. The van der Waals surface area contributed by atoms with Crippen LogP contribution in [0.4, 0.5) is 10.1 Å². The van der Waals surface area contributed by atoms with Gasteiger partial charge in [-0.15, -0.1) is 0 Å². The SMILES string of the molecule is COc1ccc(C(=O)N(CN2CCCC2=O)c2ccccc2F)cc1. The van der Waals surface area contributed by atoms with E-state index in [4.69, 9.17) is 4.74 Å². The first kappa shape index (κ1) is 17.0. The Morgan fingerprint density at radius 2 is 1.92 bits per heavy atom. The number of carbonyl (C=O) groups is 2. The molecule has 1 saturated heterocycles. The van der Waals surface area contributed by atoms with Gasteiger partial charge < -0.3 is 9.64 Å². The maximum atomic E-state index is 14.3. The molecule has 2 aromatic carbocycles. The van der Waals surface area contributed by atoms with E-state index in [0.717, 1.165) is 6.42 Å². The minimum Gasteiger partial charge on any atom is -0.497 e. The van der Waals surface area contributed by atoms with Gasteiger partial charge in [0.2, 0.25) is 5.91 Å². The highest BCUT2D eigenvalue weighted by atomic mass is 19.1. The van der Waals surface area contributed by atoms with Crippen LogP contribution >= 0.6 is 0 Å². The van der Waals surface area contributed by atoms with Gasteiger partial charge >= 0.3 is 0 Å². The fourth-order valence-corrected chi connectivity index (χ4v) is 2.83. The van der Waals surface area contributed by atoms with Crippen LogP contribution in [-0.2, 0) is 4.79 Å². The van der Waals surface area contributed by atoms with Gasteiger partial charge in [-0.3, -0.25) is 14.5 Å². The zero-order chi connectivity index (χ0) is 17.8. The Hall–Kier alpha value is -2.89. The molecule has 0 aromatic heterocycles. The molecule has 0 unspecified atom stereocenters. The number of para-hydroxylation sites is 1. The number of carbonyl (C=O) groups excluding carboxylic acids is 2. The monoisotopic (exact) mass is 342 g/mol. The van der Waals surface area contributed by atoms with E-state index in [1.54, 1.807) is 48.4 Å². The minimum atomic E-state index is -0.504. The number of rotatable bonds is 5. The van der Waals surface area contributed by atoms with Crippen molar-refractivity contribution in [3.8, 4) is 5.75 Å². The molecule has 0 aliphatic carbocycles. The molecule has 1 aliphatic heterocycles. The van der Waals surface area contributed by atoms with Gasteiger partial charge in [0.25, 0.3) is 5.91 Å². The van der Waals surface area contributed by atoms with Gasteiger partial charge in [-0.05, 0) is 42.8 Å². The van der Waals surface area contributed by atoms with Crippen LogP contribution in [0.5, 0.6) is 5.75 Å². The number of hydrogen-bond donors (Lipinski definition) is 0. The summed E-state index contributed by atoms with van der Waals surface area (Å²) in [5.74, 6) is -0.268. The molecule has 0 radical (unpaired) electrons. The van der Waals surface area contributed by atoms with Crippen molar-refractivity contribution in [2.75, 3.05) is 25.2 Å². The molecule has 3 rings (SSSR count). The number of likely N-dealkylation sites (tertiary alicyclic amines) is 1. The van der Waals surface area contributed by atoms with E-state index >= 15 is 0 Å². The molecule has 0 N–H and O–H groups in total. The number of methoxy groups -OCH3 is 1. The molecular formula is C19H19FN2O3. The first-order valence-corrected chi connectivity index (χ1v) is 8.08. The topological polar surface area (TPSA) is 49.9 Å². The highest BCUT2D eigenvalue weighted by Crippen LogP contribution is 2.24. The number of hydrogen-bond acceptors (Lipinski definition) is 3. The minimum absolute atomic E-state index is 0.0242. The Balaban J connectivity index is 1.93. The summed E-state index contributed by atoms with van der Waals surface area (Å²) in [5, 5.41) is 0. The molecule has 1 heterocycles. The number of ether oxygens (including phenoxy) is 1. The van der Waals surface area contributed by atoms with Crippen molar-refractivity contribution in [2.45, 2.75) is 12.8 Å². The largest absolute Gasteiger partial charge is 0.497 e. The average molecular weight is 342 g/mol. The third-order valence-electron chi connectivity index (χ3n) is 4.21. The summed E-state index contributed by atoms with van der Waals surface area (Å²) in [4.78, 5) is 27.8. The maximum Gasteiger partial charge on any atom is 0.259 e.